The zero-order chi connectivity index (χ0) is 10.6. The van der Waals surface area contributed by atoms with Crippen LogP contribution in [0.3, 0.4) is 0 Å². The van der Waals surface area contributed by atoms with Crippen LogP contribution in [0.15, 0.2) is 0 Å². The largest absolute Gasteiger partial charge is 0.377 e. The van der Waals surface area contributed by atoms with Gasteiger partial charge in [0.15, 0.2) is 0 Å². The number of methoxy groups -OCH3 is 1. The highest BCUT2D eigenvalue weighted by Crippen LogP contribution is 2.37. The first-order chi connectivity index (χ1) is 6.64. The topological polar surface area (TPSA) is 47.3 Å². The Balaban J connectivity index is 2.63. The van der Waals surface area contributed by atoms with Gasteiger partial charge in [-0.2, -0.15) is 0 Å². The van der Waals surface area contributed by atoms with Crippen LogP contribution in [0.1, 0.15) is 46.0 Å². The minimum atomic E-state index is -0.000972. The molecule has 0 radical (unpaired) electrons. The summed E-state index contributed by atoms with van der Waals surface area (Å²) in [5.74, 6) is 6.29. The van der Waals surface area contributed by atoms with Crippen LogP contribution < -0.4 is 11.3 Å². The van der Waals surface area contributed by atoms with Crippen molar-refractivity contribution in [3.8, 4) is 0 Å². The van der Waals surface area contributed by atoms with Gasteiger partial charge in [0.05, 0.1) is 11.6 Å². The summed E-state index contributed by atoms with van der Waals surface area (Å²) in [7, 11) is 1.82. The summed E-state index contributed by atoms with van der Waals surface area (Å²) >= 11 is 0. The van der Waals surface area contributed by atoms with Crippen molar-refractivity contribution in [2.75, 3.05) is 7.11 Å². The molecule has 0 aromatic carbocycles. The molecule has 1 atom stereocenters. The van der Waals surface area contributed by atoms with Crippen molar-refractivity contribution in [2.24, 2.45) is 11.8 Å². The number of rotatable bonds is 5. The molecule has 1 unspecified atom stereocenters. The van der Waals surface area contributed by atoms with Gasteiger partial charge in [0.25, 0.3) is 0 Å². The first-order valence-electron chi connectivity index (χ1n) is 5.66. The molecule has 1 saturated carbocycles. The van der Waals surface area contributed by atoms with Crippen LogP contribution in [0.4, 0.5) is 0 Å². The summed E-state index contributed by atoms with van der Waals surface area (Å²) in [5.41, 5.74) is 2.94. The van der Waals surface area contributed by atoms with E-state index in [2.05, 4.69) is 19.3 Å². The van der Waals surface area contributed by atoms with E-state index in [1.165, 1.54) is 12.8 Å². The lowest BCUT2D eigenvalue weighted by Gasteiger charge is -2.36. The fraction of sp³-hybridized carbons (Fsp3) is 1.00. The lowest BCUT2D eigenvalue weighted by Crippen LogP contribution is -2.53. The second kappa shape index (κ2) is 5.10. The molecule has 3 nitrogen and oxygen atoms in total. The molecular weight excluding hydrogens is 176 g/mol. The van der Waals surface area contributed by atoms with E-state index in [-0.39, 0.29) is 5.60 Å². The first-order valence-corrected chi connectivity index (χ1v) is 5.66. The number of nitrogens with one attached hydrogen (secondary N) is 1. The molecule has 14 heavy (non-hydrogen) atoms. The summed E-state index contributed by atoms with van der Waals surface area (Å²) in [5, 5.41) is 0. The molecule has 3 heteroatoms. The Morgan fingerprint density at radius 2 is 1.93 bits per heavy atom. The van der Waals surface area contributed by atoms with Gasteiger partial charge in [0.2, 0.25) is 0 Å². The summed E-state index contributed by atoms with van der Waals surface area (Å²) < 4.78 is 5.71. The predicted molar refractivity (Wildman–Crippen MR) is 58.8 cm³/mol. The molecule has 84 valence electrons. The quantitative estimate of drug-likeness (QED) is 0.526. The number of hydrazine groups is 1. The highest BCUT2D eigenvalue weighted by molar-refractivity contribution is 4.96. The molecule has 0 amide bonds. The van der Waals surface area contributed by atoms with Crippen molar-refractivity contribution in [1.82, 2.24) is 5.43 Å². The van der Waals surface area contributed by atoms with E-state index in [1.54, 1.807) is 0 Å². The van der Waals surface area contributed by atoms with E-state index >= 15 is 0 Å². The molecule has 0 bridgehead atoms. The SMILES string of the molecule is COC1(C(CC(C)C)NN)CCCC1. The first kappa shape index (κ1) is 12.0. The normalized spacial score (nSPS) is 22.9. The lowest BCUT2D eigenvalue weighted by molar-refractivity contribution is -0.0407. The molecule has 1 aliphatic carbocycles. The molecule has 0 aromatic heterocycles. The van der Waals surface area contributed by atoms with Crippen LogP contribution in [0, 0.1) is 5.92 Å². The molecule has 1 rings (SSSR count). The van der Waals surface area contributed by atoms with E-state index in [0.717, 1.165) is 19.3 Å². The van der Waals surface area contributed by atoms with Crippen molar-refractivity contribution < 1.29 is 4.74 Å². The Labute approximate surface area is 87.4 Å². The van der Waals surface area contributed by atoms with Gasteiger partial charge in [-0.1, -0.05) is 26.7 Å². The second-order valence-electron chi connectivity index (χ2n) is 4.82. The average Bonchev–Trinajstić information content (AvgIpc) is 2.63. The second-order valence-corrected chi connectivity index (χ2v) is 4.82. The van der Waals surface area contributed by atoms with Crippen molar-refractivity contribution in [1.29, 1.82) is 0 Å². The third kappa shape index (κ3) is 2.47. The highest BCUT2D eigenvalue weighted by Gasteiger charge is 2.41. The van der Waals surface area contributed by atoms with Crippen LogP contribution in [0.5, 0.6) is 0 Å². The van der Waals surface area contributed by atoms with E-state index in [9.17, 15) is 0 Å². The van der Waals surface area contributed by atoms with Gasteiger partial charge in [-0.3, -0.25) is 11.3 Å². The number of hydrogen-bond donors (Lipinski definition) is 2. The van der Waals surface area contributed by atoms with Gasteiger partial charge < -0.3 is 4.74 Å². The van der Waals surface area contributed by atoms with Crippen LogP contribution in [0.25, 0.3) is 0 Å². The summed E-state index contributed by atoms with van der Waals surface area (Å²) in [6.45, 7) is 4.45. The van der Waals surface area contributed by atoms with Gasteiger partial charge >= 0.3 is 0 Å². The van der Waals surface area contributed by atoms with Gasteiger partial charge in [-0.15, -0.1) is 0 Å². The minimum absolute atomic E-state index is 0.000972. The van der Waals surface area contributed by atoms with Gasteiger partial charge in [0, 0.05) is 7.11 Å². The Morgan fingerprint density at radius 3 is 2.29 bits per heavy atom. The fourth-order valence-electron chi connectivity index (χ4n) is 2.57. The van der Waals surface area contributed by atoms with Gasteiger partial charge in [0.1, 0.15) is 0 Å². The Morgan fingerprint density at radius 1 is 1.36 bits per heavy atom. The van der Waals surface area contributed by atoms with E-state index in [0.29, 0.717) is 12.0 Å². The maximum Gasteiger partial charge on any atom is 0.0844 e. The molecule has 0 aliphatic heterocycles. The zero-order valence-electron chi connectivity index (χ0n) is 9.68. The molecular formula is C11H24N2O. The predicted octanol–water partition coefficient (Wildman–Crippen LogP) is 1.82. The Hall–Kier alpha value is -0.120. The van der Waals surface area contributed by atoms with Gasteiger partial charge in [-0.05, 0) is 25.2 Å². The van der Waals surface area contributed by atoms with E-state index in [4.69, 9.17) is 10.6 Å². The van der Waals surface area contributed by atoms with E-state index in [1.807, 2.05) is 7.11 Å². The van der Waals surface area contributed by atoms with Crippen LogP contribution in [-0.4, -0.2) is 18.8 Å². The smallest absolute Gasteiger partial charge is 0.0844 e. The summed E-state index contributed by atoms with van der Waals surface area (Å²) in [6, 6.07) is 0.301. The standard InChI is InChI=1S/C11H24N2O/c1-9(2)8-10(13-12)11(14-3)6-4-5-7-11/h9-10,13H,4-8,12H2,1-3H3. The molecule has 0 heterocycles. The zero-order valence-corrected chi connectivity index (χ0v) is 9.68. The average molecular weight is 200 g/mol. The van der Waals surface area contributed by atoms with Gasteiger partial charge in [-0.25, -0.2) is 0 Å². The van der Waals surface area contributed by atoms with E-state index < -0.39 is 0 Å². The summed E-state index contributed by atoms with van der Waals surface area (Å²) in [6.07, 6.45) is 5.91. The van der Waals surface area contributed by atoms with Crippen molar-refractivity contribution in [3.63, 3.8) is 0 Å². The monoisotopic (exact) mass is 200 g/mol. The molecule has 1 fully saturated rings. The van der Waals surface area contributed by atoms with Crippen molar-refractivity contribution in [2.45, 2.75) is 57.6 Å². The number of ether oxygens (including phenoxy) is 1. The van der Waals surface area contributed by atoms with Crippen molar-refractivity contribution >= 4 is 0 Å². The maximum absolute atomic E-state index is 5.71. The molecule has 0 saturated heterocycles. The Kier molecular flexibility index (Phi) is 4.35. The molecule has 1 aliphatic rings. The van der Waals surface area contributed by atoms with Crippen molar-refractivity contribution in [3.05, 3.63) is 0 Å². The molecule has 0 aromatic rings. The third-order valence-electron chi connectivity index (χ3n) is 3.40. The van der Waals surface area contributed by atoms with Crippen LogP contribution >= 0.6 is 0 Å². The number of nitrogens with two attached hydrogens (primary N) is 1. The third-order valence-corrected chi connectivity index (χ3v) is 3.40. The lowest BCUT2D eigenvalue weighted by atomic mass is 9.86. The minimum Gasteiger partial charge on any atom is -0.377 e. The summed E-state index contributed by atoms with van der Waals surface area (Å²) in [4.78, 5) is 0. The molecule has 3 N–H and O–H groups in total. The van der Waals surface area contributed by atoms with Crippen LogP contribution in [-0.2, 0) is 4.74 Å². The fourth-order valence-corrected chi connectivity index (χ4v) is 2.57. The van der Waals surface area contributed by atoms with Crippen LogP contribution in [0.2, 0.25) is 0 Å². The highest BCUT2D eigenvalue weighted by atomic mass is 16.5. The number of hydrogen-bond acceptors (Lipinski definition) is 3. The molecule has 0 spiro atoms. The Bertz CT molecular complexity index is 165. The maximum atomic E-state index is 5.71.